The molecule has 1 aliphatic heterocycles. The van der Waals surface area contributed by atoms with Crippen molar-refractivity contribution in [3.8, 4) is 0 Å². The van der Waals surface area contributed by atoms with Crippen LogP contribution in [0.2, 0.25) is 0 Å². The van der Waals surface area contributed by atoms with E-state index in [1.165, 1.54) is 7.11 Å². The Hall–Kier alpha value is -1.26. The second kappa shape index (κ2) is 5.72. The zero-order chi connectivity index (χ0) is 12.1. The number of hydrogen-bond acceptors (Lipinski definition) is 4. The van der Waals surface area contributed by atoms with Crippen molar-refractivity contribution in [2.75, 3.05) is 26.8 Å². The van der Waals surface area contributed by atoms with Crippen LogP contribution in [0.15, 0.2) is 0 Å². The summed E-state index contributed by atoms with van der Waals surface area (Å²) in [5.74, 6) is -0.126. The molecule has 0 radical (unpaired) electrons. The topological polar surface area (TPSA) is 55.8 Å². The molecule has 5 nitrogen and oxygen atoms in total. The van der Waals surface area contributed by atoms with E-state index in [2.05, 4.69) is 4.74 Å². The molecule has 0 aromatic rings. The summed E-state index contributed by atoms with van der Waals surface area (Å²) in [7, 11) is 1.36. The van der Waals surface area contributed by atoms with Crippen molar-refractivity contribution in [1.82, 2.24) is 4.90 Å². The van der Waals surface area contributed by atoms with Crippen molar-refractivity contribution in [3.63, 3.8) is 0 Å². The Bertz CT molecular complexity index is 265. The first-order valence-corrected chi connectivity index (χ1v) is 5.54. The van der Waals surface area contributed by atoms with Crippen LogP contribution in [0.4, 0.5) is 4.79 Å². The minimum Gasteiger partial charge on any atom is -0.469 e. The number of carbonyl (C=O) groups excluding carboxylic acids is 2. The van der Waals surface area contributed by atoms with Gasteiger partial charge in [0.05, 0.1) is 19.6 Å². The van der Waals surface area contributed by atoms with Gasteiger partial charge in [-0.05, 0) is 12.3 Å². The van der Waals surface area contributed by atoms with Crippen LogP contribution in [0.5, 0.6) is 0 Å². The zero-order valence-corrected chi connectivity index (χ0v) is 10.1. The minimum atomic E-state index is -0.333. The van der Waals surface area contributed by atoms with Crippen LogP contribution in [-0.4, -0.2) is 43.8 Å². The van der Waals surface area contributed by atoms with Crippen molar-refractivity contribution in [1.29, 1.82) is 0 Å². The van der Waals surface area contributed by atoms with E-state index < -0.39 is 0 Å². The largest absolute Gasteiger partial charge is 0.469 e. The molecule has 1 saturated heterocycles. The van der Waals surface area contributed by atoms with Crippen molar-refractivity contribution < 1.29 is 19.1 Å². The monoisotopic (exact) mass is 229 g/mol. The third kappa shape index (κ3) is 3.40. The van der Waals surface area contributed by atoms with Crippen LogP contribution in [0, 0.1) is 11.8 Å². The fraction of sp³-hybridized carbons (Fsp3) is 0.818. The van der Waals surface area contributed by atoms with Gasteiger partial charge in [0.25, 0.3) is 0 Å². The molecule has 1 atom stereocenters. The summed E-state index contributed by atoms with van der Waals surface area (Å²) in [5, 5.41) is 0. The summed E-state index contributed by atoms with van der Waals surface area (Å²) in [5.41, 5.74) is 0. The van der Waals surface area contributed by atoms with Crippen molar-refractivity contribution in [2.24, 2.45) is 11.8 Å². The standard InChI is InChI=1S/C11H19NO4/c1-8(2)7-16-11(14)12-5-4-9(6-12)10(13)15-3/h8-9H,4-7H2,1-3H3. The molecule has 92 valence electrons. The van der Waals surface area contributed by atoms with Crippen LogP contribution in [0.1, 0.15) is 20.3 Å². The normalized spacial score (nSPS) is 20.0. The van der Waals surface area contributed by atoms with Crippen LogP contribution < -0.4 is 0 Å². The van der Waals surface area contributed by atoms with Gasteiger partial charge in [0.15, 0.2) is 0 Å². The van der Waals surface area contributed by atoms with Gasteiger partial charge in [-0.25, -0.2) is 4.79 Å². The van der Waals surface area contributed by atoms with E-state index in [4.69, 9.17) is 4.74 Å². The first-order valence-electron chi connectivity index (χ1n) is 5.54. The van der Waals surface area contributed by atoms with Gasteiger partial charge in [-0.15, -0.1) is 0 Å². The molecular formula is C11H19NO4. The fourth-order valence-corrected chi connectivity index (χ4v) is 1.61. The van der Waals surface area contributed by atoms with Gasteiger partial charge in [0, 0.05) is 13.1 Å². The van der Waals surface area contributed by atoms with Crippen molar-refractivity contribution in [2.45, 2.75) is 20.3 Å². The molecule has 0 spiro atoms. The smallest absolute Gasteiger partial charge is 0.409 e. The van der Waals surface area contributed by atoms with Crippen LogP contribution in [0.3, 0.4) is 0 Å². The molecule has 1 heterocycles. The molecule has 16 heavy (non-hydrogen) atoms. The Kier molecular flexibility index (Phi) is 4.58. The third-order valence-electron chi connectivity index (χ3n) is 2.52. The molecule has 0 saturated carbocycles. The number of methoxy groups -OCH3 is 1. The highest BCUT2D eigenvalue weighted by Crippen LogP contribution is 2.18. The fourth-order valence-electron chi connectivity index (χ4n) is 1.61. The average molecular weight is 229 g/mol. The lowest BCUT2D eigenvalue weighted by Crippen LogP contribution is -2.31. The van der Waals surface area contributed by atoms with Crippen LogP contribution in [0.25, 0.3) is 0 Å². The lowest BCUT2D eigenvalue weighted by Gasteiger charge is -2.16. The lowest BCUT2D eigenvalue weighted by atomic mass is 10.1. The third-order valence-corrected chi connectivity index (χ3v) is 2.52. The van der Waals surface area contributed by atoms with E-state index in [9.17, 15) is 9.59 Å². The van der Waals surface area contributed by atoms with Gasteiger partial charge in [0.1, 0.15) is 0 Å². The maximum atomic E-state index is 11.6. The summed E-state index contributed by atoms with van der Waals surface area (Å²) >= 11 is 0. The minimum absolute atomic E-state index is 0.198. The number of hydrogen-bond donors (Lipinski definition) is 0. The van der Waals surface area contributed by atoms with Gasteiger partial charge >= 0.3 is 12.1 Å². The number of nitrogens with zero attached hydrogens (tertiary/aromatic N) is 1. The summed E-state index contributed by atoms with van der Waals surface area (Å²) < 4.78 is 9.73. The maximum Gasteiger partial charge on any atom is 0.409 e. The Morgan fingerprint density at radius 3 is 2.69 bits per heavy atom. The molecule has 1 fully saturated rings. The molecule has 0 aromatic heterocycles. The predicted octanol–water partition coefficient (Wildman–Crippen LogP) is 1.27. The molecule has 1 rings (SSSR count). The molecule has 5 heteroatoms. The summed E-state index contributed by atoms with van der Waals surface area (Å²) in [6, 6.07) is 0. The number of amides is 1. The molecule has 0 aromatic carbocycles. The average Bonchev–Trinajstić information content (AvgIpc) is 2.74. The van der Waals surface area contributed by atoms with Gasteiger partial charge in [-0.3, -0.25) is 4.79 Å². The number of likely N-dealkylation sites (tertiary alicyclic amines) is 1. The predicted molar refractivity (Wildman–Crippen MR) is 57.9 cm³/mol. The van der Waals surface area contributed by atoms with Crippen molar-refractivity contribution in [3.05, 3.63) is 0 Å². The highest BCUT2D eigenvalue weighted by atomic mass is 16.6. The van der Waals surface area contributed by atoms with Crippen LogP contribution >= 0.6 is 0 Å². The first-order chi connectivity index (χ1) is 7.54. The highest BCUT2D eigenvalue weighted by Gasteiger charge is 2.32. The van der Waals surface area contributed by atoms with E-state index in [0.29, 0.717) is 32.0 Å². The number of esters is 1. The Morgan fingerprint density at radius 2 is 2.12 bits per heavy atom. The van der Waals surface area contributed by atoms with E-state index >= 15 is 0 Å². The zero-order valence-electron chi connectivity index (χ0n) is 10.1. The van der Waals surface area contributed by atoms with Gasteiger partial charge in [-0.2, -0.15) is 0 Å². The van der Waals surface area contributed by atoms with E-state index in [-0.39, 0.29) is 18.0 Å². The molecular weight excluding hydrogens is 210 g/mol. The van der Waals surface area contributed by atoms with Gasteiger partial charge in [0.2, 0.25) is 0 Å². The Morgan fingerprint density at radius 1 is 1.44 bits per heavy atom. The molecule has 0 N–H and O–H groups in total. The quantitative estimate of drug-likeness (QED) is 0.684. The van der Waals surface area contributed by atoms with Crippen molar-refractivity contribution >= 4 is 12.1 Å². The second-order valence-corrected chi connectivity index (χ2v) is 4.43. The lowest BCUT2D eigenvalue weighted by molar-refractivity contribution is -0.144. The number of rotatable bonds is 3. The van der Waals surface area contributed by atoms with Gasteiger partial charge < -0.3 is 14.4 Å². The maximum absolute atomic E-state index is 11.6. The first kappa shape index (κ1) is 12.8. The van der Waals surface area contributed by atoms with E-state index in [1.54, 1.807) is 4.90 Å². The number of ether oxygens (including phenoxy) is 2. The Labute approximate surface area is 95.7 Å². The molecule has 1 aliphatic rings. The SMILES string of the molecule is COC(=O)C1CCN(C(=O)OCC(C)C)C1. The summed E-state index contributed by atoms with van der Waals surface area (Å²) in [6.45, 7) is 5.35. The van der Waals surface area contributed by atoms with Gasteiger partial charge in [-0.1, -0.05) is 13.8 Å². The number of carbonyl (C=O) groups is 2. The molecule has 0 bridgehead atoms. The molecule has 1 amide bonds. The Balaban J connectivity index is 2.35. The van der Waals surface area contributed by atoms with Crippen LogP contribution in [-0.2, 0) is 14.3 Å². The second-order valence-electron chi connectivity index (χ2n) is 4.43. The van der Waals surface area contributed by atoms with E-state index in [1.807, 2.05) is 13.8 Å². The summed E-state index contributed by atoms with van der Waals surface area (Å²) in [6.07, 6.45) is 0.323. The molecule has 0 aliphatic carbocycles. The summed E-state index contributed by atoms with van der Waals surface area (Å²) in [4.78, 5) is 24.4. The highest BCUT2D eigenvalue weighted by molar-refractivity contribution is 5.75. The molecule has 1 unspecified atom stereocenters. The van der Waals surface area contributed by atoms with E-state index in [0.717, 1.165) is 0 Å².